The topological polar surface area (TPSA) is 71.3 Å². The summed E-state index contributed by atoms with van der Waals surface area (Å²) < 4.78 is 28.9. The van der Waals surface area contributed by atoms with E-state index in [9.17, 15) is 13.5 Å². The average Bonchev–Trinajstić information content (AvgIpc) is 2.87. The Morgan fingerprint density at radius 1 is 1.36 bits per heavy atom. The van der Waals surface area contributed by atoms with Crippen LogP contribution < -0.4 is 4.72 Å². The molecule has 0 amide bonds. The zero-order valence-corrected chi connectivity index (χ0v) is 14.0. The number of sulfonamides is 1. The van der Waals surface area contributed by atoms with Crippen LogP contribution in [0.5, 0.6) is 0 Å². The molecule has 5 nitrogen and oxygen atoms in total. The summed E-state index contributed by atoms with van der Waals surface area (Å²) >= 11 is 5.86. The molecule has 1 aromatic heterocycles. The predicted octanol–water partition coefficient (Wildman–Crippen LogP) is 2.39. The van der Waals surface area contributed by atoms with Crippen LogP contribution in [-0.4, -0.2) is 24.6 Å². The third-order valence-corrected chi connectivity index (χ3v) is 5.31. The molecule has 7 heteroatoms. The van der Waals surface area contributed by atoms with Crippen molar-refractivity contribution in [2.45, 2.75) is 24.3 Å². The molecule has 0 radical (unpaired) electrons. The summed E-state index contributed by atoms with van der Waals surface area (Å²) in [5, 5.41) is 10.4. The minimum absolute atomic E-state index is 0.140. The highest BCUT2D eigenvalue weighted by Crippen LogP contribution is 2.20. The molecule has 2 aromatic rings. The second-order valence-electron chi connectivity index (χ2n) is 5.16. The van der Waals surface area contributed by atoms with E-state index in [0.29, 0.717) is 10.6 Å². The van der Waals surface area contributed by atoms with Gasteiger partial charge in [0.05, 0.1) is 11.0 Å². The van der Waals surface area contributed by atoms with Crippen molar-refractivity contribution in [2.24, 2.45) is 7.05 Å². The average molecular weight is 343 g/mol. The van der Waals surface area contributed by atoms with E-state index in [0.717, 1.165) is 5.69 Å². The smallest absolute Gasteiger partial charge is 0.240 e. The minimum Gasteiger partial charge on any atom is -0.387 e. The third kappa shape index (κ3) is 3.89. The summed E-state index contributed by atoms with van der Waals surface area (Å²) in [7, 11) is -1.81. The van der Waals surface area contributed by atoms with Crippen LogP contribution in [0.25, 0.3) is 0 Å². The van der Waals surface area contributed by atoms with E-state index in [1.807, 2.05) is 19.3 Å². The molecule has 1 unspecified atom stereocenters. The first kappa shape index (κ1) is 17.0. The van der Waals surface area contributed by atoms with E-state index in [2.05, 4.69) is 4.72 Å². The van der Waals surface area contributed by atoms with Gasteiger partial charge in [0.2, 0.25) is 10.0 Å². The lowest BCUT2D eigenvalue weighted by Gasteiger charge is -2.13. The number of aliphatic hydroxyl groups excluding tert-OH is 1. The third-order valence-electron chi connectivity index (χ3n) is 3.47. The Hall–Kier alpha value is -1.34. The summed E-state index contributed by atoms with van der Waals surface area (Å²) in [4.78, 5) is 0.161. The van der Waals surface area contributed by atoms with Crippen molar-refractivity contribution in [3.8, 4) is 0 Å². The lowest BCUT2D eigenvalue weighted by atomic mass is 10.2. The number of aliphatic hydroxyl groups is 1. The minimum atomic E-state index is -3.64. The number of hydrogen-bond acceptors (Lipinski definition) is 3. The van der Waals surface area contributed by atoms with Crippen molar-refractivity contribution in [1.29, 1.82) is 0 Å². The van der Waals surface area contributed by atoms with E-state index >= 15 is 0 Å². The van der Waals surface area contributed by atoms with Gasteiger partial charge in [-0.1, -0.05) is 17.7 Å². The highest BCUT2D eigenvalue weighted by atomic mass is 35.5. The molecule has 2 N–H and O–H groups in total. The van der Waals surface area contributed by atoms with Crippen LogP contribution in [0.15, 0.2) is 41.4 Å². The highest BCUT2D eigenvalue weighted by Gasteiger charge is 2.18. The van der Waals surface area contributed by atoms with Crippen molar-refractivity contribution in [1.82, 2.24) is 9.29 Å². The summed E-state index contributed by atoms with van der Waals surface area (Å²) in [5.41, 5.74) is 1.37. The Balaban J connectivity index is 2.01. The van der Waals surface area contributed by atoms with E-state index in [-0.39, 0.29) is 17.9 Å². The standard InChI is InChI=1S/C15H19ClN2O3S/c1-11-5-6-12(16)10-15(11)22(20,21)17-8-7-14(19)13-4-3-9-18(13)2/h3-6,9-10,14,17,19H,7-8H2,1-2H3. The number of nitrogens with one attached hydrogen (secondary N) is 1. The van der Waals surface area contributed by atoms with Crippen LogP contribution in [0.1, 0.15) is 23.8 Å². The molecule has 1 aromatic carbocycles. The number of hydrogen-bond donors (Lipinski definition) is 2. The van der Waals surface area contributed by atoms with E-state index in [1.54, 1.807) is 29.7 Å². The molecule has 22 heavy (non-hydrogen) atoms. The van der Waals surface area contributed by atoms with Crippen LogP contribution in [0.3, 0.4) is 0 Å². The van der Waals surface area contributed by atoms with Gasteiger partial charge in [-0.25, -0.2) is 13.1 Å². The number of rotatable bonds is 6. The summed E-state index contributed by atoms with van der Waals surface area (Å²) in [5.74, 6) is 0. The molecule has 1 heterocycles. The quantitative estimate of drug-likeness (QED) is 0.846. The Labute approximate surface area is 135 Å². The molecule has 2 rings (SSSR count). The lowest BCUT2D eigenvalue weighted by Crippen LogP contribution is -2.26. The molecule has 0 fully saturated rings. The van der Waals surface area contributed by atoms with E-state index < -0.39 is 16.1 Å². The molecule has 0 spiro atoms. The molecule has 0 saturated heterocycles. The Morgan fingerprint density at radius 3 is 2.73 bits per heavy atom. The number of halogens is 1. The van der Waals surface area contributed by atoms with Gasteiger partial charge in [-0.3, -0.25) is 0 Å². The molecule has 0 aliphatic rings. The van der Waals surface area contributed by atoms with E-state index in [4.69, 9.17) is 11.6 Å². The first-order chi connectivity index (χ1) is 10.3. The summed E-state index contributed by atoms with van der Waals surface area (Å²) in [6.45, 7) is 1.85. The maximum atomic E-state index is 12.3. The number of benzene rings is 1. The second kappa shape index (κ2) is 6.83. The Morgan fingerprint density at radius 2 is 2.09 bits per heavy atom. The van der Waals surface area contributed by atoms with Gasteiger partial charge in [0.15, 0.2) is 0 Å². The fourth-order valence-electron chi connectivity index (χ4n) is 2.24. The van der Waals surface area contributed by atoms with Crippen LogP contribution in [-0.2, 0) is 17.1 Å². The summed E-state index contributed by atoms with van der Waals surface area (Å²) in [6, 6.07) is 8.37. The molecule has 0 saturated carbocycles. The predicted molar refractivity (Wildman–Crippen MR) is 86.4 cm³/mol. The maximum absolute atomic E-state index is 12.3. The maximum Gasteiger partial charge on any atom is 0.240 e. The van der Waals surface area contributed by atoms with Gasteiger partial charge in [-0.15, -0.1) is 0 Å². The molecular weight excluding hydrogens is 324 g/mol. The lowest BCUT2D eigenvalue weighted by molar-refractivity contribution is 0.161. The van der Waals surface area contributed by atoms with Gasteiger partial charge in [0, 0.05) is 30.5 Å². The molecule has 120 valence electrons. The van der Waals surface area contributed by atoms with Gasteiger partial charge >= 0.3 is 0 Å². The Kier molecular flexibility index (Phi) is 5.28. The van der Waals surface area contributed by atoms with Gasteiger partial charge in [0.1, 0.15) is 0 Å². The Bertz CT molecular complexity index is 756. The van der Waals surface area contributed by atoms with Gasteiger partial charge in [-0.2, -0.15) is 0 Å². The highest BCUT2D eigenvalue weighted by molar-refractivity contribution is 7.89. The van der Waals surface area contributed by atoms with Crippen LogP contribution in [0.4, 0.5) is 0 Å². The van der Waals surface area contributed by atoms with Crippen LogP contribution in [0.2, 0.25) is 5.02 Å². The van der Waals surface area contributed by atoms with Gasteiger partial charge in [-0.05, 0) is 43.2 Å². The number of aryl methyl sites for hydroxylation is 2. The van der Waals surface area contributed by atoms with Crippen LogP contribution >= 0.6 is 11.6 Å². The number of aromatic nitrogens is 1. The fourth-order valence-corrected chi connectivity index (χ4v) is 3.79. The van der Waals surface area contributed by atoms with Crippen molar-refractivity contribution in [3.05, 3.63) is 52.8 Å². The van der Waals surface area contributed by atoms with E-state index in [1.165, 1.54) is 6.07 Å². The number of nitrogens with zero attached hydrogens (tertiary/aromatic N) is 1. The monoisotopic (exact) mass is 342 g/mol. The largest absolute Gasteiger partial charge is 0.387 e. The fraction of sp³-hybridized carbons (Fsp3) is 0.333. The zero-order valence-electron chi connectivity index (χ0n) is 12.5. The van der Waals surface area contributed by atoms with Crippen molar-refractivity contribution < 1.29 is 13.5 Å². The molecular formula is C15H19ClN2O3S. The van der Waals surface area contributed by atoms with Gasteiger partial charge in [0.25, 0.3) is 0 Å². The first-order valence-electron chi connectivity index (χ1n) is 6.86. The van der Waals surface area contributed by atoms with Gasteiger partial charge < -0.3 is 9.67 Å². The summed E-state index contributed by atoms with van der Waals surface area (Å²) in [6.07, 6.45) is 1.40. The zero-order chi connectivity index (χ0) is 16.3. The molecule has 0 aliphatic heterocycles. The normalized spacial score (nSPS) is 13.3. The molecule has 0 bridgehead atoms. The van der Waals surface area contributed by atoms with Crippen LogP contribution in [0, 0.1) is 6.92 Å². The molecule has 1 atom stereocenters. The van der Waals surface area contributed by atoms with Crippen molar-refractivity contribution >= 4 is 21.6 Å². The van der Waals surface area contributed by atoms with Crippen molar-refractivity contribution in [2.75, 3.05) is 6.54 Å². The SMILES string of the molecule is Cc1ccc(Cl)cc1S(=O)(=O)NCCC(O)c1cccn1C. The second-order valence-corrected chi connectivity index (χ2v) is 7.33. The van der Waals surface area contributed by atoms with Crippen molar-refractivity contribution in [3.63, 3.8) is 0 Å². The first-order valence-corrected chi connectivity index (χ1v) is 8.72. The molecule has 0 aliphatic carbocycles.